The predicted molar refractivity (Wildman–Crippen MR) is 87.4 cm³/mol. The number of carbonyl (C=O) groups is 1. The number of thioether (sulfide) groups is 2. The highest BCUT2D eigenvalue weighted by Crippen LogP contribution is 2.27. The van der Waals surface area contributed by atoms with Crippen LogP contribution < -0.4 is 0 Å². The molecule has 2 aromatic rings. The van der Waals surface area contributed by atoms with Gasteiger partial charge in [0, 0.05) is 19.8 Å². The molecule has 2 rings (SSSR count). The van der Waals surface area contributed by atoms with E-state index in [1.807, 2.05) is 54.8 Å². The van der Waals surface area contributed by atoms with Crippen molar-refractivity contribution in [3.63, 3.8) is 0 Å². The van der Waals surface area contributed by atoms with E-state index in [-0.39, 0.29) is 5.78 Å². The van der Waals surface area contributed by atoms with Crippen LogP contribution >= 0.6 is 39.5 Å². The van der Waals surface area contributed by atoms with Gasteiger partial charge in [-0.25, -0.2) is 0 Å². The molecule has 0 unspecified atom stereocenters. The van der Waals surface area contributed by atoms with Crippen LogP contribution in [-0.4, -0.2) is 17.8 Å². The zero-order valence-electron chi connectivity index (χ0n) is 10.4. The molecular weight excluding hydrogens is 340 g/mol. The molecule has 0 saturated heterocycles. The summed E-state index contributed by atoms with van der Waals surface area (Å²) in [6, 6.07) is 15.7. The molecule has 0 radical (unpaired) electrons. The first-order valence-corrected chi connectivity index (χ1v) is 8.75. The van der Waals surface area contributed by atoms with E-state index in [4.69, 9.17) is 0 Å². The summed E-state index contributed by atoms with van der Waals surface area (Å²) < 4.78 is 1.03. The molecule has 0 amide bonds. The van der Waals surface area contributed by atoms with Gasteiger partial charge in [0.15, 0.2) is 5.78 Å². The Morgan fingerprint density at radius 1 is 1.11 bits per heavy atom. The van der Waals surface area contributed by atoms with Crippen molar-refractivity contribution < 1.29 is 4.79 Å². The maximum Gasteiger partial charge on any atom is 0.173 e. The predicted octanol–water partition coefficient (Wildman–Crippen LogP) is 5.15. The van der Waals surface area contributed by atoms with E-state index in [0.717, 1.165) is 14.9 Å². The topological polar surface area (TPSA) is 17.1 Å². The van der Waals surface area contributed by atoms with E-state index in [9.17, 15) is 4.79 Å². The van der Waals surface area contributed by atoms with Crippen molar-refractivity contribution in [3.05, 3.63) is 58.6 Å². The lowest BCUT2D eigenvalue weighted by Gasteiger charge is -2.04. The quantitative estimate of drug-likeness (QED) is 0.547. The Kier molecular flexibility index (Phi) is 5.55. The van der Waals surface area contributed by atoms with Crippen molar-refractivity contribution in [1.82, 2.24) is 0 Å². The first-order chi connectivity index (χ1) is 9.20. The Bertz CT molecular complexity index is 567. The summed E-state index contributed by atoms with van der Waals surface area (Å²) in [6.07, 6.45) is 2.03. The molecule has 4 heteroatoms. The first-order valence-electron chi connectivity index (χ1n) is 5.75. The van der Waals surface area contributed by atoms with Crippen LogP contribution in [-0.2, 0) is 0 Å². The fourth-order valence-electron chi connectivity index (χ4n) is 1.57. The molecule has 0 fully saturated rings. The molecule has 0 atom stereocenters. The van der Waals surface area contributed by atoms with E-state index >= 15 is 0 Å². The normalized spacial score (nSPS) is 10.4. The Morgan fingerprint density at radius 2 is 1.79 bits per heavy atom. The van der Waals surface area contributed by atoms with Crippen molar-refractivity contribution in [1.29, 1.82) is 0 Å². The third-order valence-electron chi connectivity index (χ3n) is 2.61. The Morgan fingerprint density at radius 3 is 2.42 bits per heavy atom. The minimum Gasteiger partial charge on any atom is -0.293 e. The molecule has 19 heavy (non-hydrogen) atoms. The lowest BCUT2D eigenvalue weighted by Crippen LogP contribution is -2.02. The van der Waals surface area contributed by atoms with E-state index in [1.165, 1.54) is 4.90 Å². The van der Waals surface area contributed by atoms with Crippen molar-refractivity contribution >= 4 is 45.2 Å². The molecule has 2 aromatic carbocycles. The number of rotatable bonds is 5. The van der Waals surface area contributed by atoms with E-state index in [0.29, 0.717) is 5.75 Å². The van der Waals surface area contributed by atoms with Gasteiger partial charge in [-0.2, -0.15) is 0 Å². The number of hydrogen-bond donors (Lipinski definition) is 0. The smallest absolute Gasteiger partial charge is 0.173 e. The number of benzene rings is 2. The van der Waals surface area contributed by atoms with Gasteiger partial charge in [0.25, 0.3) is 0 Å². The molecule has 0 N–H and O–H groups in total. The third kappa shape index (κ3) is 4.13. The molecule has 1 nitrogen and oxygen atoms in total. The summed E-state index contributed by atoms with van der Waals surface area (Å²) in [4.78, 5) is 14.4. The molecule has 98 valence electrons. The van der Waals surface area contributed by atoms with Crippen LogP contribution in [0.1, 0.15) is 10.4 Å². The van der Waals surface area contributed by atoms with E-state index in [1.54, 1.807) is 23.5 Å². The lowest BCUT2D eigenvalue weighted by molar-refractivity contribution is 0.102. The van der Waals surface area contributed by atoms with Gasteiger partial charge >= 0.3 is 0 Å². The number of Topliss-reactive ketones (excluding diaryl/α,β-unsaturated/α-hetero) is 1. The van der Waals surface area contributed by atoms with E-state index in [2.05, 4.69) is 15.9 Å². The van der Waals surface area contributed by atoms with Gasteiger partial charge in [-0.15, -0.1) is 23.5 Å². The highest BCUT2D eigenvalue weighted by atomic mass is 79.9. The molecule has 0 heterocycles. The fraction of sp³-hybridized carbons (Fsp3) is 0.133. The van der Waals surface area contributed by atoms with Crippen molar-refractivity contribution in [2.75, 3.05) is 12.0 Å². The maximum absolute atomic E-state index is 12.1. The molecule has 0 aliphatic heterocycles. The summed E-state index contributed by atoms with van der Waals surface area (Å²) >= 11 is 6.72. The lowest BCUT2D eigenvalue weighted by atomic mass is 10.1. The zero-order chi connectivity index (χ0) is 13.7. The maximum atomic E-state index is 12.1. The second-order valence-corrected chi connectivity index (χ2v) is 6.62. The van der Waals surface area contributed by atoms with Gasteiger partial charge in [0.1, 0.15) is 0 Å². The van der Waals surface area contributed by atoms with Crippen LogP contribution in [0, 0.1) is 0 Å². The van der Waals surface area contributed by atoms with Crippen molar-refractivity contribution in [2.24, 2.45) is 0 Å². The van der Waals surface area contributed by atoms with Crippen LogP contribution in [0.2, 0.25) is 0 Å². The highest BCUT2D eigenvalue weighted by molar-refractivity contribution is 9.10. The Hall–Kier alpha value is -0.710. The van der Waals surface area contributed by atoms with Crippen molar-refractivity contribution in [3.8, 4) is 0 Å². The summed E-state index contributed by atoms with van der Waals surface area (Å²) in [5, 5.41) is 0. The van der Waals surface area contributed by atoms with Crippen LogP contribution in [0.3, 0.4) is 0 Å². The van der Waals surface area contributed by atoms with Gasteiger partial charge in [-0.3, -0.25) is 4.79 Å². The molecule has 0 saturated carbocycles. The Labute approximate surface area is 130 Å². The van der Waals surface area contributed by atoms with E-state index < -0.39 is 0 Å². The zero-order valence-corrected chi connectivity index (χ0v) is 13.6. The molecule has 0 aromatic heterocycles. The number of carbonyl (C=O) groups excluding carboxylic acids is 1. The van der Waals surface area contributed by atoms with Gasteiger partial charge < -0.3 is 0 Å². The SMILES string of the molecule is CSc1ccc(C(=O)CSc2ccccc2Br)cc1. The number of halogens is 1. The Balaban J connectivity index is 1.99. The molecular formula is C15H13BrOS2. The minimum absolute atomic E-state index is 0.161. The second kappa shape index (κ2) is 7.17. The summed E-state index contributed by atoms with van der Waals surface area (Å²) in [5.74, 6) is 0.620. The van der Waals surface area contributed by atoms with Gasteiger partial charge in [0.05, 0.1) is 5.75 Å². The fourth-order valence-corrected chi connectivity index (χ4v) is 3.44. The van der Waals surface area contributed by atoms with Gasteiger partial charge in [0.2, 0.25) is 0 Å². The van der Waals surface area contributed by atoms with Crippen molar-refractivity contribution in [2.45, 2.75) is 9.79 Å². The second-order valence-electron chi connectivity index (χ2n) is 3.87. The summed E-state index contributed by atoms with van der Waals surface area (Å²) in [6.45, 7) is 0. The average molecular weight is 353 g/mol. The monoisotopic (exact) mass is 352 g/mol. The number of hydrogen-bond acceptors (Lipinski definition) is 3. The third-order valence-corrected chi connectivity index (χ3v) is 5.38. The van der Waals surface area contributed by atoms with Crippen LogP contribution in [0.4, 0.5) is 0 Å². The molecule has 0 spiro atoms. The summed E-state index contributed by atoms with van der Waals surface area (Å²) in [7, 11) is 0. The molecule has 0 bridgehead atoms. The molecule has 0 aliphatic rings. The average Bonchev–Trinajstić information content (AvgIpc) is 2.46. The molecule has 0 aliphatic carbocycles. The van der Waals surface area contributed by atoms with Gasteiger partial charge in [-0.1, -0.05) is 24.3 Å². The largest absolute Gasteiger partial charge is 0.293 e. The van der Waals surface area contributed by atoms with Crippen LogP contribution in [0.15, 0.2) is 62.8 Å². The van der Waals surface area contributed by atoms with Crippen LogP contribution in [0.5, 0.6) is 0 Å². The van der Waals surface area contributed by atoms with Gasteiger partial charge in [-0.05, 0) is 46.5 Å². The standard InChI is InChI=1S/C15H13BrOS2/c1-18-12-8-6-11(7-9-12)14(17)10-19-15-5-3-2-4-13(15)16/h2-9H,10H2,1H3. The highest BCUT2D eigenvalue weighted by Gasteiger charge is 2.08. The number of ketones is 1. The van der Waals surface area contributed by atoms with Crippen LogP contribution in [0.25, 0.3) is 0 Å². The minimum atomic E-state index is 0.161. The first kappa shape index (κ1) is 14.7. The summed E-state index contributed by atoms with van der Waals surface area (Å²) in [5.41, 5.74) is 0.775.